The number of Topliss-reactive ketones (excluding diaryl/α,β-unsaturated/α-hetero) is 4. The van der Waals surface area contributed by atoms with Crippen LogP contribution in [0.5, 0.6) is 5.75 Å². The molecule has 0 aromatic heterocycles. The summed E-state index contributed by atoms with van der Waals surface area (Å²) < 4.78 is 0. The van der Waals surface area contributed by atoms with E-state index in [1.54, 1.807) is 20.2 Å². The number of carbonyl (C=O) groups is 5. The Hall–Kier alpha value is -3.69. The summed E-state index contributed by atoms with van der Waals surface area (Å²) in [5.41, 5.74) is 5.94. The van der Waals surface area contributed by atoms with E-state index in [1.807, 2.05) is 31.2 Å². The summed E-state index contributed by atoms with van der Waals surface area (Å²) in [6, 6.07) is 9.87. The highest BCUT2D eigenvalue weighted by molar-refractivity contribution is 6.32. The summed E-state index contributed by atoms with van der Waals surface area (Å²) in [4.78, 5) is 67.7. The molecule has 0 spiro atoms. The predicted molar refractivity (Wildman–Crippen MR) is 136 cm³/mol. The molecule has 6 atom stereocenters. The second kappa shape index (κ2) is 8.96. The third-order valence-corrected chi connectivity index (χ3v) is 8.62. The standard InChI is InChI=1S/C29H30N2O7/c1-4-13-5-7-14(8-6-13)16-9-10-19(32)21-17(16)11-15-12-18-23(31(2)3)25(34)22(28(30)37)27(36)29(18,38)26(35)20(15)24(21)33/h5-10,15,18,20,22-23,32,38H,4,11-12H2,1-3H3,(H2,30,37). The van der Waals surface area contributed by atoms with Crippen LogP contribution in [-0.4, -0.2) is 69.9 Å². The number of fused-ring (bicyclic) bond motifs is 3. The van der Waals surface area contributed by atoms with Gasteiger partial charge in [0.1, 0.15) is 5.75 Å². The molecule has 0 bridgehead atoms. The number of aryl methyl sites for hydroxylation is 1. The summed E-state index contributed by atoms with van der Waals surface area (Å²) >= 11 is 0. The van der Waals surface area contributed by atoms with Gasteiger partial charge in [0.2, 0.25) is 5.91 Å². The molecule has 6 unspecified atom stereocenters. The monoisotopic (exact) mass is 518 g/mol. The van der Waals surface area contributed by atoms with Gasteiger partial charge in [-0.3, -0.25) is 28.9 Å². The molecule has 9 nitrogen and oxygen atoms in total. The number of ketones is 4. The fraction of sp³-hybridized carbons (Fsp3) is 0.414. The molecule has 0 aliphatic heterocycles. The molecule has 2 aromatic carbocycles. The van der Waals surface area contributed by atoms with E-state index in [-0.39, 0.29) is 24.2 Å². The zero-order chi connectivity index (χ0) is 27.7. The van der Waals surface area contributed by atoms with E-state index in [0.717, 1.165) is 23.1 Å². The lowest BCUT2D eigenvalue weighted by atomic mass is 9.52. The summed E-state index contributed by atoms with van der Waals surface area (Å²) in [5, 5.41) is 22.3. The molecular weight excluding hydrogens is 488 g/mol. The van der Waals surface area contributed by atoms with Crippen molar-refractivity contribution in [3.8, 4) is 16.9 Å². The van der Waals surface area contributed by atoms with Gasteiger partial charge in [0.15, 0.2) is 34.7 Å². The molecule has 198 valence electrons. The Kier molecular flexibility index (Phi) is 6.11. The Morgan fingerprint density at radius 2 is 1.71 bits per heavy atom. The third kappa shape index (κ3) is 3.49. The van der Waals surface area contributed by atoms with E-state index >= 15 is 0 Å². The maximum Gasteiger partial charge on any atom is 0.235 e. The molecule has 38 heavy (non-hydrogen) atoms. The molecule has 2 aromatic rings. The smallest absolute Gasteiger partial charge is 0.235 e. The van der Waals surface area contributed by atoms with Gasteiger partial charge in [-0.1, -0.05) is 37.3 Å². The van der Waals surface area contributed by atoms with E-state index in [2.05, 4.69) is 0 Å². The summed E-state index contributed by atoms with van der Waals surface area (Å²) in [6.45, 7) is 2.05. The summed E-state index contributed by atoms with van der Waals surface area (Å²) in [6.07, 6.45) is 1.11. The molecule has 5 rings (SSSR count). The lowest BCUT2D eigenvalue weighted by Crippen LogP contribution is -2.74. The van der Waals surface area contributed by atoms with Crippen LogP contribution in [0.4, 0.5) is 0 Å². The minimum Gasteiger partial charge on any atom is -0.507 e. The number of likely N-dealkylation sites (N-methyl/N-ethyl adjacent to an activating group) is 1. The number of nitrogens with zero attached hydrogens (tertiary/aromatic N) is 1. The van der Waals surface area contributed by atoms with Crippen molar-refractivity contribution < 1.29 is 34.2 Å². The highest BCUT2D eigenvalue weighted by atomic mass is 16.3. The minimum atomic E-state index is -2.72. The van der Waals surface area contributed by atoms with Gasteiger partial charge < -0.3 is 15.9 Å². The van der Waals surface area contributed by atoms with Crippen molar-refractivity contribution in [3.05, 3.63) is 53.1 Å². The molecule has 9 heteroatoms. The number of aliphatic hydroxyl groups is 1. The Morgan fingerprint density at radius 1 is 1.05 bits per heavy atom. The fourth-order valence-electron chi connectivity index (χ4n) is 6.80. The van der Waals surface area contributed by atoms with Crippen LogP contribution in [-0.2, 0) is 32.0 Å². The van der Waals surface area contributed by atoms with Crippen molar-refractivity contribution in [1.82, 2.24) is 4.90 Å². The number of phenolic OH excluding ortho intramolecular Hbond substituents is 1. The number of carbonyl (C=O) groups excluding carboxylic acids is 5. The van der Waals surface area contributed by atoms with Gasteiger partial charge >= 0.3 is 0 Å². The van der Waals surface area contributed by atoms with Crippen molar-refractivity contribution in [1.29, 1.82) is 0 Å². The second-order valence-corrected chi connectivity index (χ2v) is 10.8. The minimum absolute atomic E-state index is 0.00587. The Bertz CT molecular complexity index is 1400. The van der Waals surface area contributed by atoms with Crippen LogP contribution < -0.4 is 5.73 Å². The second-order valence-electron chi connectivity index (χ2n) is 10.8. The summed E-state index contributed by atoms with van der Waals surface area (Å²) in [7, 11) is 3.12. The van der Waals surface area contributed by atoms with Gasteiger partial charge in [0.25, 0.3) is 0 Å². The van der Waals surface area contributed by atoms with Crippen LogP contribution in [0.1, 0.15) is 34.8 Å². The SMILES string of the molecule is CCc1ccc(-c2ccc(O)c3c2CC2CC4C(N(C)C)C(=O)C(C(N)=O)C(=O)C4(O)C(=O)C2C3=O)cc1. The van der Waals surface area contributed by atoms with E-state index < -0.39 is 64.4 Å². The number of phenols is 1. The largest absolute Gasteiger partial charge is 0.507 e. The van der Waals surface area contributed by atoms with Crippen molar-refractivity contribution in [2.45, 2.75) is 37.8 Å². The van der Waals surface area contributed by atoms with Gasteiger partial charge in [-0.2, -0.15) is 0 Å². The number of primary amides is 1. The molecule has 0 heterocycles. The lowest BCUT2D eigenvalue weighted by Gasteiger charge is -2.52. The first-order valence-electron chi connectivity index (χ1n) is 12.7. The maximum absolute atomic E-state index is 13.9. The lowest BCUT2D eigenvalue weighted by molar-refractivity contribution is -0.181. The first-order valence-corrected chi connectivity index (χ1v) is 12.7. The van der Waals surface area contributed by atoms with Crippen LogP contribution in [0.25, 0.3) is 11.1 Å². The number of hydrogen-bond acceptors (Lipinski definition) is 8. The van der Waals surface area contributed by atoms with Crippen LogP contribution in [0.2, 0.25) is 0 Å². The zero-order valence-corrected chi connectivity index (χ0v) is 21.4. The van der Waals surface area contributed by atoms with Gasteiger partial charge in [0, 0.05) is 5.92 Å². The summed E-state index contributed by atoms with van der Waals surface area (Å²) in [5.74, 6) is -10.4. The topological polar surface area (TPSA) is 155 Å². The molecule has 2 fully saturated rings. The van der Waals surface area contributed by atoms with Crippen molar-refractivity contribution in [2.75, 3.05) is 14.1 Å². The molecule has 3 aliphatic carbocycles. The molecule has 4 N–H and O–H groups in total. The van der Waals surface area contributed by atoms with Crippen LogP contribution >= 0.6 is 0 Å². The van der Waals surface area contributed by atoms with E-state index in [1.165, 1.54) is 11.0 Å². The highest BCUT2D eigenvalue weighted by Gasteiger charge is 2.69. The van der Waals surface area contributed by atoms with E-state index in [0.29, 0.717) is 5.56 Å². The molecular formula is C29H30N2O7. The average Bonchev–Trinajstić information content (AvgIpc) is 2.86. The predicted octanol–water partition coefficient (Wildman–Crippen LogP) is 1.10. The number of hydrogen-bond donors (Lipinski definition) is 3. The normalized spacial score (nSPS) is 30.6. The number of benzene rings is 2. The molecule has 0 radical (unpaired) electrons. The van der Waals surface area contributed by atoms with Gasteiger partial charge in [-0.15, -0.1) is 0 Å². The quantitative estimate of drug-likeness (QED) is 0.508. The Balaban J connectivity index is 1.64. The number of aromatic hydroxyl groups is 1. The van der Waals surface area contributed by atoms with Crippen LogP contribution in [0.3, 0.4) is 0 Å². The molecule has 1 amide bonds. The van der Waals surface area contributed by atoms with Gasteiger partial charge in [-0.25, -0.2) is 0 Å². The number of rotatable bonds is 4. The van der Waals surface area contributed by atoms with E-state index in [4.69, 9.17) is 5.73 Å². The van der Waals surface area contributed by atoms with Crippen molar-refractivity contribution in [3.63, 3.8) is 0 Å². The third-order valence-electron chi connectivity index (χ3n) is 8.62. The molecule has 2 saturated carbocycles. The number of amides is 1. The van der Waals surface area contributed by atoms with Gasteiger partial charge in [-0.05, 0) is 67.6 Å². The van der Waals surface area contributed by atoms with E-state index in [9.17, 15) is 34.2 Å². The van der Waals surface area contributed by atoms with Crippen LogP contribution in [0, 0.1) is 23.7 Å². The molecule has 3 aliphatic rings. The maximum atomic E-state index is 13.9. The van der Waals surface area contributed by atoms with Crippen molar-refractivity contribution >= 4 is 29.0 Å². The van der Waals surface area contributed by atoms with Gasteiger partial charge in [0.05, 0.1) is 17.5 Å². The highest BCUT2D eigenvalue weighted by Crippen LogP contribution is 2.51. The zero-order valence-electron chi connectivity index (χ0n) is 21.4. The molecule has 0 saturated heterocycles. The Morgan fingerprint density at radius 3 is 2.29 bits per heavy atom. The van der Waals surface area contributed by atoms with Crippen LogP contribution in [0.15, 0.2) is 36.4 Å². The average molecular weight is 519 g/mol. The fourth-order valence-corrected chi connectivity index (χ4v) is 6.80. The van der Waals surface area contributed by atoms with Crippen molar-refractivity contribution in [2.24, 2.45) is 29.4 Å². The Labute approximate surface area is 219 Å². The first-order chi connectivity index (χ1) is 17.9. The number of nitrogens with two attached hydrogens (primary N) is 1. The first kappa shape index (κ1) is 25.9.